The largest absolute Gasteiger partial charge is 0.293 e. The van der Waals surface area contributed by atoms with Gasteiger partial charge in [0.1, 0.15) is 0 Å². The van der Waals surface area contributed by atoms with Gasteiger partial charge in [-0.25, -0.2) is 0 Å². The van der Waals surface area contributed by atoms with E-state index in [9.17, 15) is 9.59 Å². The Morgan fingerprint density at radius 2 is 2.24 bits per heavy atom. The lowest BCUT2D eigenvalue weighted by Gasteiger charge is -2.07. The standard InChI is InChI=1S/C12H11NO2S2/c1-3-5-13-11(14)10(17-12(13)15)7-9-8(2)4-6-16-9/h3-4,6-7H,1,5H2,2H3/b10-7-. The van der Waals surface area contributed by atoms with Gasteiger partial charge in [-0.1, -0.05) is 6.08 Å². The summed E-state index contributed by atoms with van der Waals surface area (Å²) in [5.41, 5.74) is 1.12. The third-order valence-corrected chi connectivity index (χ3v) is 4.22. The minimum atomic E-state index is -0.229. The number of imide groups is 1. The first kappa shape index (κ1) is 12.1. The summed E-state index contributed by atoms with van der Waals surface area (Å²) in [6, 6.07) is 1.99. The van der Waals surface area contributed by atoms with Crippen molar-refractivity contribution < 1.29 is 9.59 Å². The molecule has 88 valence electrons. The number of carbonyl (C=O) groups is 2. The maximum absolute atomic E-state index is 11.9. The highest BCUT2D eigenvalue weighted by atomic mass is 32.2. The van der Waals surface area contributed by atoms with Gasteiger partial charge in [0.2, 0.25) is 0 Å². The lowest BCUT2D eigenvalue weighted by atomic mass is 10.2. The second kappa shape index (κ2) is 4.89. The summed E-state index contributed by atoms with van der Waals surface area (Å²) in [7, 11) is 0. The molecule has 0 bridgehead atoms. The van der Waals surface area contributed by atoms with Crippen LogP contribution < -0.4 is 0 Å². The Morgan fingerprint density at radius 1 is 1.47 bits per heavy atom. The zero-order valence-corrected chi connectivity index (χ0v) is 10.9. The number of hydrogen-bond acceptors (Lipinski definition) is 4. The maximum atomic E-state index is 11.9. The van der Waals surface area contributed by atoms with E-state index in [1.54, 1.807) is 23.5 Å². The number of thiophene rings is 1. The summed E-state index contributed by atoms with van der Waals surface area (Å²) in [6.45, 7) is 5.79. The van der Waals surface area contributed by atoms with Crippen LogP contribution in [-0.4, -0.2) is 22.6 Å². The molecule has 3 nitrogen and oxygen atoms in total. The molecule has 5 heteroatoms. The van der Waals surface area contributed by atoms with Crippen molar-refractivity contribution in [1.29, 1.82) is 0 Å². The minimum Gasteiger partial charge on any atom is -0.268 e. The molecule has 2 rings (SSSR count). The third kappa shape index (κ3) is 2.35. The fourth-order valence-corrected chi connectivity index (χ4v) is 3.20. The van der Waals surface area contributed by atoms with Gasteiger partial charge in [0.15, 0.2) is 0 Å². The van der Waals surface area contributed by atoms with Crippen LogP contribution in [0.2, 0.25) is 0 Å². The van der Waals surface area contributed by atoms with Crippen molar-refractivity contribution >= 4 is 40.3 Å². The summed E-state index contributed by atoms with van der Waals surface area (Å²) < 4.78 is 0. The molecule has 0 aliphatic carbocycles. The number of aryl methyl sites for hydroxylation is 1. The van der Waals surface area contributed by atoms with E-state index < -0.39 is 0 Å². The molecule has 2 heterocycles. The predicted molar refractivity (Wildman–Crippen MR) is 71.9 cm³/mol. The highest BCUT2D eigenvalue weighted by Crippen LogP contribution is 2.33. The van der Waals surface area contributed by atoms with E-state index >= 15 is 0 Å². The maximum Gasteiger partial charge on any atom is 0.293 e. The summed E-state index contributed by atoms with van der Waals surface area (Å²) in [5.74, 6) is -0.229. The number of nitrogens with zero attached hydrogens (tertiary/aromatic N) is 1. The van der Waals surface area contributed by atoms with Gasteiger partial charge < -0.3 is 0 Å². The number of thioether (sulfide) groups is 1. The van der Waals surface area contributed by atoms with Gasteiger partial charge in [-0.15, -0.1) is 17.9 Å². The van der Waals surface area contributed by atoms with E-state index in [1.165, 1.54) is 4.90 Å². The van der Waals surface area contributed by atoms with Gasteiger partial charge in [0.05, 0.1) is 4.91 Å². The molecule has 0 N–H and O–H groups in total. The SMILES string of the molecule is C=CCN1C(=O)S/C(=C\c2sccc2C)C1=O. The fraction of sp³-hybridized carbons (Fsp3) is 0.167. The van der Waals surface area contributed by atoms with Crippen LogP contribution in [0.4, 0.5) is 4.79 Å². The molecular weight excluding hydrogens is 254 g/mol. The van der Waals surface area contributed by atoms with Crippen LogP contribution in [-0.2, 0) is 4.79 Å². The second-order valence-electron chi connectivity index (χ2n) is 3.55. The summed E-state index contributed by atoms with van der Waals surface area (Å²) in [4.78, 5) is 26.2. The first-order chi connectivity index (χ1) is 8.13. The van der Waals surface area contributed by atoms with E-state index in [0.717, 1.165) is 22.2 Å². The Kier molecular flexibility index (Phi) is 3.49. The Hall–Kier alpha value is -1.33. The van der Waals surface area contributed by atoms with Crippen molar-refractivity contribution in [3.8, 4) is 0 Å². The Morgan fingerprint density at radius 3 is 2.82 bits per heavy atom. The Balaban J connectivity index is 2.28. The van der Waals surface area contributed by atoms with Crippen molar-refractivity contribution in [3.63, 3.8) is 0 Å². The van der Waals surface area contributed by atoms with E-state index in [2.05, 4.69) is 6.58 Å². The summed E-state index contributed by atoms with van der Waals surface area (Å²) in [5, 5.41) is 1.74. The van der Waals surface area contributed by atoms with Crippen molar-refractivity contribution in [2.24, 2.45) is 0 Å². The first-order valence-electron chi connectivity index (χ1n) is 5.04. The van der Waals surface area contributed by atoms with E-state index in [1.807, 2.05) is 18.4 Å². The van der Waals surface area contributed by atoms with Crippen molar-refractivity contribution in [2.75, 3.05) is 6.54 Å². The minimum absolute atomic E-state index is 0.227. The number of carbonyl (C=O) groups excluding carboxylic acids is 2. The van der Waals surface area contributed by atoms with Crippen molar-refractivity contribution in [3.05, 3.63) is 39.4 Å². The van der Waals surface area contributed by atoms with E-state index in [4.69, 9.17) is 0 Å². The first-order valence-corrected chi connectivity index (χ1v) is 6.73. The normalized spacial score (nSPS) is 18.2. The average Bonchev–Trinajstić information content (AvgIpc) is 2.79. The molecular formula is C12H11NO2S2. The lowest BCUT2D eigenvalue weighted by Crippen LogP contribution is -2.27. The molecule has 1 aliphatic heterocycles. The summed E-state index contributed by atoms with van der Waals surface area (Å²) in [6.07, 6.45) is 3.34. The van der Waals surface area contributed by atoms with E-state index in [-0.39, 0.29) is 17.7 Å². The van der Waals surface area contributed by atoms with Crippen LogP contribution in [0.25, 0.3) is 6.08 Å². The zero-order chi connectivity index (χ0) is 12.4. The highest BCUT2D eigenvalue weighted by Gasteiger charge is 2.34. The van der Waals surface area contributed by atoms with Gasteiger partial charge in [-0.3, -0.25) is 14.5 Å². The van der Waals surface area contributed by atoms with Gasteiger partial charge in [-0.2, -0.15) is 0 Å². The van der Waals surface area contributed by atoms with Gasteiger partial charge >= 0.3 is 0 Å². The van der Waals surface area contributed by atoms with Crippen LogP contribution in [0.15, 0.2) is 29.0 Å². The van der Waals surface area contributed by atoms with Crippen LogP contribution in [0.5, 0.6) is 0 Å². The molecule has 17 heavy (non-hydrogen) atoms. The quantitative estimate of drug-likeness (QED) is 0.621. The Labute approximate surface area is 108 Å². The molecule has 0 saturated carbocycles. The molecule has 0 atom stereocenters. The molecule has 1 aromatic heterocycles. The van der Waals surface area contributed by atoms with Crippen molar-refractivity contribution in [2.45, 2.75) is 6.92 Å². The number of rotatable bonds is 3. The summed E-state index contributed by atoms with van der Waals surface area (Å²) >= 11 is 2.55. The smallest absolute Gasteiger partial charge is 0.268 e. The second-order valence-corrected chi connectivity index (χ2v) is 5.49. The molecule has 1 aliphatic rings. The van der Waals surface area contributed by atoms with Gasteiger partial charge in [0.25, 0.3) is 11.1 Å². The topological polar surface area (TPSA) is 37.4 Å². The average molecular weight is 265 g/mol. The molecule has 1 saturated heterocycles. The molecule has 0 spiro atoms. The molecule has 1 aromatic rings. The van der Waals surface area contributed by atoms with E-state index in [0.29, 0.717) is 4.91 Å². The lowest BCUT2D eigenvalue weighted by molar-refractivity contribution is -0.122. The Bertz CT molecular complexity index is 516. The fourth-order valence-electron chi connectivity index (χ4n) is 1.44. The van der Waals surface area contributed by atoms with Crippen LogP contribution >= 0.6 is 23.1 Å². The van der Waals surface area contributed by atoms with Crippen LogP contribution in [0, 0.1) is 6.92 Å². The van der Waals surface area contributed by atoms with Crippen LogP contribution in [0.1, 0.15) is 10.4 Å². The number of amides is 2. The zero-order valence-electron chi connectivity index (χ0n) is 9.30. The molecule has 2 amide bonds. The molecule has 0 radical (unpaired) electrons. The van der Waals surface area contributed by atoms with Crippen LogP contribution in [0.3, 0.4) is 0 Å². The van der Waals surface area contributed by atoms with Gasteiger partial charge in [-0.05, 0) is 41.8 Å². The van der Waals surface area contributed by atoms with Gasteiger partial charge in [0, 0.05) is 11.4 Å². The van der Waals surface area contributed by atoms with Crippen molar-refractivity contribution in [1.82, 2.24) is 4.90 Å². The number of hydrogen-bond donors (Lipinski definition) is 0. The molecule has 0 unspecified atom stereocenters. The highest BCUT2D eigenvalue weighted by molar-refractivity contribution is 8.18. The molecule has 1 fully saturated rings. The third-order valence-electron chi connectivity index (χ3n) is 2.35. The predicted octanol–water partition coefficient (Wildman–Crippen LogP) is 3.28. The molecule has 0 aromatic carbocycles. The monoisotopic (exact) mass is 265 g/mol.